The number of nitrogens with two attached hydrogens (primary N) is 1. The maximum atomic E-state index is 12.0. The maximum absolute atomic E-state index is 12.0. The number of hydrazine groups is 1. The first-order valence-corrected chi connectivity index (χ1v) is 6.57. The monoisotopic (exact) mass is 286 g/mol. The molecule has 1 amide bonds. The Bertz CT molecular complexity index is 754. The average molecular weight is 286 g/mol. The number of benzene rings is 1. The lowest BCUT2D eigenvalue weighted by atomic mass is 10.3. The Balaban J connectivity index is 1.80. The number of nitrogens with zero attached hydrogens (tertiary/aromatic N) is 3. The molecule has 2 aromatic heterocycles. The van der Waals surface area contributed by atoms with Crippen molar-refractivity contribution in [2.45, 2.75) is 0 Å². The number of carbonyl (C=O) groups excluding carboxylic acids is 1. The fourth-order valence-corrected chi connectivity index (χ4v) is 2.36. The molecule has 0 radical (unpaired) electrons. The van der Waals surface area contributed by atoms with Crippen LogP contribution >= 0.6 is 11.3 Å². The molecule has 0 aliphatic rings. The van der Waals surface area contributed by atoms with E-state index in [-0.39, 0.29) is 11.6 Å². The van der Waals surface area contributed by atoms with Gasteiger partial charge in [-0.25, -0.2) is 20.8 Å². The molecule has 0 fully saturated rings. The van der Waals surface area contributed by atoms with Gasteiger partial charge in [-0.2, -0.15) is 0 Å². The lowest BCUT2D eigenvalue weighted by Gasteiger charge is -2.05. The molecular formula is C12H10N6OS. The van der Waals surface area contributed by atoms with Gasteiger partial charge in [-0.1, -0.05) is 0 Å². The number of carbonyl (C=O) groups is 1. The van der Waals surface area contributed by atoms with Gasteiger partial charge >= 0.3 is 0 Å². The minimum absolute atomic E-state index is 0.216. The summed E-state index contributed by atoms with van der Waals surface area (Å²) >= 11 is 1.52. The third-order valence-electron chi connectivity index (χ3n) is 2.62. The van der Waals surface area contributed by atoms with Gasteiger partial charge in [-0.3, -0.25) is 4.79 Å². The summed E-state index contributed by atoms with van der Waals surface area (Å²) in [7, 11) is 0. The maximum Gasteiger partial charge on any atom is 0.275 e. The van der Waals surface area contributed by atoms with Crippen molar-refractivity contribution in [3.63, 3.8) is 0 Å². The number of nitrogens with one attached hydrogen (secondary N) is 2. The van der Waals surface area contributed by atoms with E-state index in [1.54, 1.807) is 11.6 Å². The Kier molecular flexibility index (Phi) is 3.23. The van der Waals surface area contributed by atoms with Crippen molar-refractivity contribution in [2.75, 3.05) is 10.7 Å². The fourth-order valence-electron chi connectivity index (χ4n) is 1.65. The summed E-state index contributed by atoms with van der Waals surface area (Å²) in [6.07, 6.45) is 2.75. The summed E-state index contributed by atoms with van der Waals surface area (Å²) < 4.78 is 1.01. The SMILES string of the molecule is NNc1cnc(C(=O)Nc2ccc3ncsc3c2)cn1. The summed E-state index contributed by atoms with van der Waals surface area (Å²) in [5.74, 6) is 5.25. The van der Waals surface area contributed by atoms with Crippen LogP contribution in [0.4, 0.5) is 11.5 Å². The van der Waals surface area contributed by atoms with E-state index in [0.717, 1.165) is 10.2 Å². The fraction of sp³-hybridized carbons (Fsp3) is 0. The number of hydrogen-bond donors (Lipinski definition) is 3. The van der Waals surface area contributed by atoms with Gasteiger partial charge in [0.25, 0.3) is 5.91 Å². The zero-order valence-electron chi connectivity index (χ0n) is 10.2. The van der Waals surface area contributed by atoms with Gasteiger partial charge in [0.15, 0.2) is 5.82 Å². The molecule has 2 heterocycles. The molecule has 4 N–H and O–H groups in total. The van der Waals surface area contributed by atoms with E-state index in [4.69, 9.17) is 5.84 Å². The predicted molar refractivity (Wildman–Crippen MR) is 77.4 cm³/mol. The molecule has 0 bridgehead atoms. The van der Waals surface area contributed by atoms with Crippen LogP contribution in [-0.4, -0.2) is 20.9 Å². The van der Waals surface area contributed by atoms with Crippen LogP contribution in [0.15, 0.2) is 36.1 Å². The Morgan fingerprint density at radius 2 is 2.10 bits per heavy atom. The van der Waals surface area contributed by atoms with Crippen molar-refractivity contribution in [3.8, 4) is 0 Å². The second kappa shape index (κ2) is 5.19. The third-order valence-corrected chi connectivity index (χ3v) is 3.41. The van der Waals surface area contributed by atoms with Crippen LogP contribution in [0.5, 0.6) is 0 Å². The number of thiazole rings is 1. The molecule has 0 unspecified atom stereocenters. The highest BCUT2D eigenvalue weighted by atomic mass is 32.1. The molecule has 7 nitrogen and oxygen atoms in total. The van der Waals surface area contributed by atoms with Crippen LogP contribution in [0, 0.1) is 0 Å². The van der Waals surface area contributed by atoms with Crippen molar-refractivity contribution in [1.82, 2.24) is 15.0 Å². The van der Waals surface area contributed by atoms with Gasteiger partial charge in [0.2, 0.25) is 0 Å². The Hall–Kier alpha value is -2.58. The average Bonchev–Trinajstić information content (AvgIpc) is 2.95. The molecule has 0 spiro atoms. The second-order valence-electron chi connectivity index (χ2n) is 3.92. The Morgan fingerprint density at radius 3 is 2.85 bits per heavy atom. The third kappa shape index (κ3) is 2.42. The second-order valence-corrected chi connectivity index (χ2v) is 4.81. The van der Waals surface area contributed by atoms with E-state index >= 15 is 0 Å². The van der Waals surface area contributed by atoms with Crippen molar-refractivity contribution >= 4 is 39.0 Å². The van der Waals surface area contributed by atoms with E-state index in [1.807, 2.05) is 12.1 Å². The van der Waals surface area contributed by atoms with Crippen molar-refractivity contribution in [1.29, 1.82) is 0 Å². The number of rotatable bonds is 3. The van der Waals surface area contributed by atoms with Gasteiger partial charge in [0.05, 0.1) is 28.1 Å². The van der Waals surface area contributed by atoms with E-state index in [1.165, 1.54) is 23.7 Å². The van der Waals surface area contributed by atoms with Crippen LogP contribution in [0.3, 0.4) is 0 Å². The highest BCUT2D eigenvalue weighted by Gasteiger charge is 2.09. The minimum Gasteiger partial charge on any atom is -0.321 e. The minimum atomic E-state index is -0.329. The van der Waals surface area contributed by atoms with E-state index in [2.05, 4.69) is 25.7 Å². The van der Waals surface area contributed by atoms with Gasteiger partial charge < -0.3 is 10.7 Å². The number of amides is 1. The molecular weight excluding hydrogens is 276 g/mol. The molecule has 3 aromatic rings. The molecule has 0 aliphatic carbocycles. The number of fused-ring (bicyclic) bond motifs is 1. The molecule has 1 aromatic carbocycles. The molecule has 0 aliphatic heterocycles. The summed E-state index contributed by atoms with van der Waals surface area (Å²) in [5.41, 5.74) is 5.93. The van der Waals surface area contributed by atoms with Crippen LogP contribution in [0.25, 0.3) is 10.2 Å². The molecule has 0 saturated carbocycles. The van der Waals surface area contributed by atoms with Crippen LogP contribution in [0.1, 0.15) is 10.5 Å². The van der Waals surface area contributed by atoms with Crippen LogP contribution in [0.2, 0.25) is 0 Å². The van der Waals surface area contributed by atoms with Crippen LogP contribution in [-0.2, 0) is 0 Å². The Morgan fingerprint density at radius 1 is 1.20 bits per heavy atom. The molecule has 3 rings (SSSR count). The quantitative estimate of drug-likeness (QED) is 0.499. The largest absolute Gasteiger partial charge is 0.321 e. The topological polar surface area (TPSA) is 106 Å². The van der Waals surface area contributed by atoms with E-state index in [0.29, 0.717) is 11.5 Å². The molecule has 0 atom stereocenters. The summed E-state index contributed by atoms with van der Waals surface area (Å²) in [6, 6.07) is 5.52. The van der Waals surface area contributed by atoms with Crippen molar-refractivity contribution in [2.24, 2.45) is 5.84 Å². The van der Waals surface area contributed by atoms with E-state index < -0.39 is 0 Å². The van der Waals surface area contributed by atoms with E-state index in [9.17, 15) is 4.79 Å². The van der Waals surface area contributed by atoms with Gasteiger partial charge in [0, 0.05) is 5.69 Å². The van der Waals surface area contributed by atoms with Crippen molar-refractivity contribution in [3.05, 3.63) is 41.8 Å². The number of anilines is 2. The first kappa shape index (κ1) is 12.5. The lowest BCUT2D eigenvalue weighted by Crippen LogP contribution is -2.15. The summed E-state index contributed by atoms with van der Waals surface area (Å²) in [4.78, 5) is 24.1. The van der Waals surface area contributed by atoms with Crippen LogP contribution < -0.4 is 16.6 Å². The first-order chi connectivity index (χ1) is 9.76. The Labute approximate surface area is 117 Å². The normalized spacial score (nSPS) is 10.4. The highest BCUT2D eigenvalue weighted by Crippen LogP contribution is 2.22. The first-order valence-electron chi connectivity index (χ1n) is 5.69. The van der Waals surface area contributed by atoms with Gasteiger partial charge in [-0.05, 0) is 18.2 Å². The predicted octanol–water partition coefficient (Wildman–Crippen LogP) is 1.62. The summed E-state index contributed by atoms with van der Waals surface area (Å²) in [5, 5.41) is 2.76. The molecule has 0 saturated heterocycles. The zero-order valence-corrected chi connectivity index (χ0v) is 11.0. The highest BCUT2D eigenvalue weighted by molar-refractivity contribution is 7.16. The molecule has 20 heavy (non-hydrogen) atoms. The standard InChI is InChI=1S/C12H10N6OS/c13-18-11-5-14-9(4-15-11)12(19)17-7-1-2-8-10(3-7)20-6-16-8/h1-6H,13H2,(H,15,18)(H,17,19). The summed E-state index contributed by atoms with van der Waals surface area (Å²) in [6.45, 7) is 0. The number of nitrogen functional groups attached to an aromatic ring is 1. The lowest BCUT2D eigenvalue weighted by molar-refractivity contribution is 0.102. The van der Waals surface area contributed by atoms with Gasteiger partial charge in [0.1, 0.15) is 5.69 Å². The molecule has 8 heteroatoms. The molecule has 100 valence electrons. The number of hydrogen-bond acceptors (Lipinski definition) is 7. The smallest absolute Gasteiger partial charge is 0.275 e. The van der Waals surface area contributed by atoms with Gasteiger partial charge in [-0.15, -0.1) is 11.3 Å². The zero-order chi connectivity index (χ0) is 13.9. The van der Waals surface area contributed by atoms with Crippen molar-refractivity contribution < 1.29 is 4.79 Å². The number of aromatic nitrogens is 3.